The first kappa shape index (κ1) is 28.0. The molecule has 0 aromatic heterocycles. The van der Waals surface area contributed by atoms with Gasteiger partial charge in [-0.25, -0.2) is 0 Å². The molecule has 0 amide bonds. The first-order valence-electron chi connectivity index (χ1n) is 14.1. The molecule has 1 saturated heterocycles. The fourth-order valence-electron chi connectivity index (χ4n) is 5.66. The summed E-state index contributed by atoms with van der Waals surface area (Å²) in [6.45, 7) is 10.8. The Balaban J connectivity index is 1.47. The van der Waals surface area contributed by atoms with Gasteiger partial charge in [0.05, 0.1) is 0 Å². The minimum absolute atomic E-state index is 0.0319. The maximum atomic E-state index is 6.43. The summed E-state index contributed by atoms with van der Waals surface area (Å²) in [5.74, 6) is 1.08. The van der Waals surface area contributed by atoms with Gasteiger partial charge in [0.2, 0.25) is 0 Å². The molecule has 2 aliphatic rings. The van der Waals surface area contributed by atoms with Crippen molar-refractivity contribution < 1.29 is 9.47 Å². The SMILES string of the molecule is CCC[CH2][Sn]([CH2]CCC)([CH2]CCC)[CH2]OCCN=Cc1ccc2c(c1)CC1(CCN(C)CC1)O2. The Kier molecular flexibility index (Phi) is 11.7. The number of likely N-dealkylation sites (tertiary alicyclic amines) is 1. The average molecular weight is 577 g/mol. The zero-order chi connectivity index (χ0) is 24.3. The second-order valence-electron chi connectivity index (χ2n) is 11.0. The fraction of sp³-hybridized carbons (Fsp3) is 0.759. The van der Waals surface area contributed by atoms with Crippen molar-refractivity contribution in [1.82, 2.24) is 4.90 Å². The van der Waals surface area contributed by atoms with Crippen LogP contribution in [0.1, 0.15) is 83.3 Å². The maximum absolute atomic E-state index is 6.43. The molecule has 0 unspecified atom stereocenters. The van der Waals surface area contributed by atoms with E-state index in [9.17, 15) is 0 Å². The van der Waals surface area contributed by atoms with Crippen LogP contribution in [0, 0.1) is 0 Å². The Morgan fingerprint density at radius 1 is 1.03 bits per heavy atom. The number of ether oxygens (including phenoxy) is 2. The number of benzene rings is 1. The summed E-state index contributed by atoms with van der Waals surface area (Å²) in [4.78, 5) is 7.12. The van der Waals surface area contributed by atoms with E-state index in [1.54, 1.807) is 0 Å². The van der Waals surface area contributed by atoms with Crippen molar-refractivity contribution in [3.05, 3.63) is 29.3 Å². The second kappa shape index (κ2) is 14.2. The van der Waals surface area contributed by atoms with Gasteiger partial charge in [0.1, 0.15) is 0 Å². The van der Waals surface area contributed by atoms with Crippen LogP contribution < -0.4 is 4.74 Å². The molecule has 0 aliphatic carbocycles. The molecule has 0 atom stereocenters. The third kappa shape index (κ3) is 8.23. The molecule has 1 aromatic rings. The van der Waals surface area contributed by atoms with Gasteiger partial charge in [-0.3, -0.25) is 0 Å². The fourth-order valence-corrected chi connectivity index (χ4v) is 20.1. The van der Waals surface area contributed by atoms with E-state index in [1.807, 2.05) is 6.21 Å². The van der Waals surface area contributed by atoms with Crippen molar-refractivity contribution in [1.29, 1.82) is 0 Å². The number of piperidine rings is 1. The molecule has 34 heavy (non-hydrogen) atoms. The van der Waals surface area contributed by atoms with Gasteiger partial charge >= 0.3 is 189 Å². The summed E-state index contributed by atoms with van der Waals surface area (Å²) in [6, 6.07) is 6.59. The molecule has 1 fully saturated rings. The van der Waals surface area contributed by atoms with Gasteiger partial charge < -0.3 is 4.90 Å². The predicted octanol–water partition coefficient (Wildman–Crippen LogP) is 6.91. The normalized spacial score (nSPS) is 18.0. The van der Waals surface area contributed by atoms with Crippen LogP contribution in [0.15, 0.2) is 23.2 Å². The van der Waals surface area contributed by atoms with Crippen LogP contribution in [-0.2, 0) is 11.2 Å². The Morgan fingerprint density at radius 3 is 2.29 bits per heavy atom. The molecular formula is C29H50N2O2Sn. The van der Waals surface area contributed by atoms with Crippen LogP contribution in [0.25, 0.3) is 0 Å². The monoisotopic (exact) mass is 578 g/mol. The standard InChI is InChI=1S/C17H23N2O2.3C4H9.Sn/c1-19-8-5-17(6-9-19)12-15-11-14(3-4-16(15)21-17)13-18-7-10-20-2;3*1-3-4-2;/h3-4,11,13H,2,5-10,12H2,1H3;3*1,3-4H2,2H3;. The number of fused-ring (bicyclic) bond motifs is 1. The van der Waals surface area contributed by atoms with Crippen LogP contribution >= 0.6 is 0 Å². The summed E-state index contributed by atoms with van der Waals surface area (Å²) in [7, 11) is 2.21. The van der Waals surface area contributed by atoms with E-state index in [-0.39, 0.29) is 5.60 Å². The number of nitrogens with zero attached hydrogens (tertiary/aromatic N) is 2. The molecule has 3 rings (SSSR count). The summed E-state index contributed by atoms with van der Waals surface area (Å²) >= 11 is -2.17. The molecule has 0 bridgehead atoms. The van der Waals surface area contributed by atoms with Crippen LogP contribution in [-0.4, -0.2) is 73.0 Å². The van der Waals surface area contributed by atoms with Gasteiger partial charge in [0.15, 0.2) is 0 Å². The molecule has 0 N–H and O–H groups in total. The van der Waals surface area contributed by atoms with Crippen LogP contribution in [0.4, 0.5) is 0 Å². The molecule has 192 valence electrons. The summed E-state index contributed by atoms with van der Waals surface area (Å²) in [6.07, 6.45) is 13.5. The van der Waals surface area contributed by atoms with Crippen LogP contribution in [0.5, 0.6) is 5.75 Å². The topological polar surface area (TPSA) is 34.1 Å². The summed E-state index contributed by atoms with van der Waals surface area (Å²) < 4.78 is 18.4. The van der Waals surface area contributed by atoms with E-state index in [0.29, 0.717) is 0 Å². The molecule has 4 nitrogen and oxygen atoms in total. The predicted molar refractivity (Wildman–Crippen MR) is 148 cm³/mol. The van der Waals surface area contributed by atoms with Gasteiger partial charge in [0.25, 0.3) is 0 Å². The summed E-state index contributed by atoms with van der Waals surface area (Å²) in [5.41, 5.74) is 2.57. The molecule has 0 radical (unpaired) electrons. The van der Waals surface area contributed by atoms with E-state index in [2.05, 4.69) is 50.9 Å². The number of unbranched alkanes of at least 4 members (excludes halogenated alkanes) is 3. The Bertz CT molecular complexity index is 737. The van der Waals surface area contributed by atoms with Gasteiger partial charge in [-0.15, -0.1) is 0 Å². The zero-order valence-corrected chi connectivity index (χ0v) is 25.4. The van der Waals surface area contributed by atoms with Crippen molar-refractivity contribution in [3.63, 3.8) is 0 Å². The Hall–Kier alpha value is -0.591. The van der Waals surface area contributed by atoms with Crippen LogP contribution in [0.2, 0.25) is 13.3 Å². The van der Waals surface area contributed by atoms with Crippen molar-refractivity contribution in [2.75, 3.05) is 37.9 Å². The van der Waals surface area contributed by atoms with E-state index in [1.165, 1.54) is 63.0 Å². The average Bonchev–Trinajstić information content (AvgIpc) is 3.21. The third-order valence-electron chi connectivity index (χ3n) is 8.02. The molecular weight excluding hydrogens is 527 g/mol. The molecule has 5 heteroatoms. The first-order chi connectivity index (χ1) is 16.5. The van der Waals surface area contributed by atoms with E-state index >= 15 is 0 Å². The quantitative estimate of drug-likeness (QED) is 0.129. The molecule has 0 saturated carbocycles. The Labute approximate surface area is 213 Å². The van der Waals surface area contributed by atoms with Gasteiger partial charge in [0, 0.05) is 13.1 Å². The van der Waals surface area contributed by atoms with Crippen LogP contribution in [0.3, 0.4) is 0 Å². The molecule has 2 aliphatic heterocycles. The van der Waals surface area contributed by atoms with Crippen molar-refractivity contribution in [2.24, 2.45) is 4.99 Å². The van der Waals surface area contributed by atoms with E-state index in [4.69, 9.17) is 14.5 Å². The minimum atomic E-state index is -2.17. The number of hydrogen-bond donors (Lipinski definition) is 0. The van der Waals surface area contributed by atoms with E-state index < -0.39 is 18.4 Å². The van der Waals surface area contributed by atoms with E-state index in [0.717, 1.165) is 55.9 Å². The Morgan fingerprint density at radius 2 is 1.68 bits per heavy atom. The van der Waals surface area contributed by atoms with Gasteiger partial charge in [-0.2, -0.15) is 0 Å². The summed E-state index contributed by atoms with van der Waals surface area (Å²) in [5, 5.41) is 0. The zero-order valence-electron chi connectivity index (χ0n) is 22.5. The number of aliphatic imine (C=N–C) groups is 1. The third-order valence-corrected chi connectivity index (χ3v) is 22.5. The van der Waals surface area contributed by atoms with Crippen molar-refractivity contribution in [3.8, 4) is 5.75 Å². The molecule has 1 spiro atoms. The van der Waals surface area contributed by atoms with Crippen molar-refractivity contribution in [2.45, 2.75) is 97.5 Å². The van der Waals surface area contributed by atoms with Gasteiger partial charge in [-0.05, 0) is 7.05 Å². The first-order valence-corrected chi connectivity index (χ1v) is 22.2. The van der Waals surface area contributed by atoms with Gasteiger partial charge in [-0.1, -0.05) is 0 Å². The van der Waals surface area contributed by atoms with Crippen molar-refractivity contribution >= 4 is 24.6 Å². The number of rotatable bonds is 15. The second-order valence-corrected chi connectivity index (χ2v) is 24.7. The molecule has 1 aromatic carbocycles. The number of hydrogen-bond acceptors (Lipinski definition) is 4. The molecule has 2 heterocycles.